The molecule has 0 aliphatic rings. The van der Waals surface area contributed by atoms with Crippen molar-refractivity contribution in [3.63, 3.8) is 0 Å². The van der Waals surface area contributed by atoms with Gasteiger partial charge in [0, 0.05) is 17.0 Å². The molecule has 0 spiro atoms. The number of anilines is 2. The largest absolute Gasteiger partial charge is 0.399 e. The van der Waals surface area contributed by atoms with Gasteiger partial charge in [0.25, 0.3) is 0 Å². The van der Waals surface area contributed by atoms with Gasteiger partial charge >= 0.3 is 0 Å². The monoisotopic (exact) mass is 319 g/mol. The molecule has 0 heterocycles. The molecule has 0 amide bonds. The Bertz CT molecular complexity index is 545. The molecule has 1 rings (SSSR count). The second kappa shape index (κ2) is 7.16. The molecule has 0 fully saturated rings. The second-order valence-electron chi connectivity index (χ2n) is 4.35. The molecule has 2 atom stereocenters. The Morgan fingerprint density at radius 3 is 2.60 bits per heavy atom. The van der Waals surface area contributed by atoms with Gasteiger partial charge in [0.05, 0.1) is 12.3 Å². The average molecular weight is 319 g/mol. The third-order valence-electron chi connectivity index (χ3n) is 2.99. The standard InChI is InChI=1S/C12H21N3O3S2/c1-8(11(7-16)19-3)15-10-5-4-9(13)6-12(10)20(17,18)14-2/h4-6,8,11,14-16H,7,13H2,1-3H3. The van der Waals surface area contributed by atoms with E-state index in [2.05, 4.69) is 10.0 Å². The van der Waals surface area contributed by atoms with Gasteiger partial charge in [-0.05, 0) is 38.4 Å². The Morgan fingerprint density at radius 2 is 2.10 bits per heavy atom. The summed E-state index contributed by atoms with van der Waals surface area (Å²) in [6, 6.07) is 4.58. The van der Waals surface area contributed by atoms with Gasteiger partial charge in [-0.3, -0.25) is 0 Å². The summed E-state index contributed by atoms with van der Waals surface area (Å²) in [4.78, 5) is 0.102. The van der Waals surface area contributed by atoms with E-state index < -0.39 is 10.0 Å². The molecule has 1 aromatic rings. The van der Waals surface area contributed by atoms with E-state index in [4.69, 9.17) is 5.73 Å². The number of rotatable bonds is 7. The molecule has 1 aromatic carbocycles. The van der Waals surface area contributed by atoms with Crippen LogP contribution in [0.4, 0.5) is 11.4 Å². The number of nitrogen functional groups attached to an aromatic ring is 1. The zero-order valence-electron chi connectivity index (χ0n) is 11.8. The molecule has 0 aromatic heterocycles. The predicted octanol–water partition coefficient (Wildman–Crippen LogP) is 0.701. The SMILES string of the molecule is CNS(=O)(=O)c1cc(N)ccc1NC(C)C(CO)SC. The third kappa shape index (κ3) is 4.02. The van der Waals surface area contributed by atoms with E-state index in [0.29, 0.717) is 11.4 Å². The highest BCUT2D eigenvalue weighted by molar-refractivity contribution is 7.99. The Balaban J connectivity index is 3.13. The van der Waals surface area contributed by atoms with Crippen LogP contribution < -0.4 is 15.8 Å². The molecule has 0 aliphatic carbocycles. The number of hydrogen-bond donors (Lipinski definition) is 4. The number of sulfonamides is 1. The van der Waals surface area contributed by atoms with Crippen LogP contribution in [0.1, 0.15) is 6.92 Å². The minimum Gasteiger partial charge on any atom is -0.399 e. The minimum atomic E-state index is -3.60. The fourth-order valence-corrected chi connectivity index (χ4v) is 3.32. The molecule has 0 aliphatic heterocycles. The van der Waals surface area contributed by atoms with Crippen molar-refractivity contribution in [3.8, 4) is 0 Å². The van der Waals surface area contributed by atoms with Crippen LogP contribution in [-0.4, -0.2) is 44.7 Å². The number of hydrogen-bond acceptors (Lipinski definition) is 6. The number of aliphatic hydroxyl groups is 1. The molecule has 114 valence electrons. The predicted molar refractivity (Wildman–Crippen MR) is 84.6 cm³/mol. The van der Waals surface area contributed by atoms with Crippen LogP contribution >= 0.6 is 11.8 Å². The first-order chi connectivity index (χ1) is 9.35. The smallest absolute Gasteiger partial charge is 0.242 e. The van der Waals surface area contributed by atoms with Crippen LogP contribution in [-0.2, 0) is 10.0 Å². The molecule has 0 radical (unpaired) electrons. The zero-order chi connectivity index (χ0) is 15.3. The van der Waals surface area contributed by atoms with Crippen LogP contribution in [0.25, 0.3) is 0 Å². The van der Waals surface area contributed by atoms with E-state index in [1.54, 1.807) is 12.1 Å². The van der Waals surface area contributed by atoms with Gasteiger partial charge in [-0.25, -0.2) is 13.1 Å². The van der Waals surface area contributed by atoms with E-state index in [1.165, 1.54) is 24.9 Å². The lowest BCUT2D eigenvalue weighted by atomic mass is 10.2. The summed E-state index contributed by atoms with van der Waals surface area (Å²) < 4.78 is 26.3. The van der Waals surface area contributed by atoms with Crippen molar-refractivity contribution in [1.82, 2.24) is 4.72 Å². The van der Waals surface area contributed by atoms with Gasteiger partial charge in [-0.2, -0.15) is 11.8 Å². The van der Waals surface area contributed by atoms with Crippen molar-refractivity contribution in [2.75, 3.05) is 31.0 Å². The van der Waals surface area contributed by atoms with Crippen LogP contribution in [0.15, 0.2) is 23.1 Å². The minimum absolute atomic E-state index is 0.0123. The van der Waals surface area contributed by atoms with Crippen LogP contribution in [0.3, 0.4) is 0 Å². The molecule has 8 heteroatoms. The average Bonchev–Trinajstić information content (AvgIpc) is 2.42. The highest BCUT2D eigenvalue weighted by atomic mass is 32.2. The maximum Gasteiger partial charge on any atom is 0.242 e. The Morgan fingerprint density at radius 1 is 1.45 bits per heavy atom. The van der Waals surface area contributed by atoms with E-state index in [9.17, 15) is 13.5 Å². The summed E-state index contributed by atoms with van der Waals surface area (Å²) in [6.45, 7) is 1.90. The van der Waals surface area contributed by atoms with Crippen molar-refractivity contribution in [2.24, 2.45) is 0 Å². The van der Waals surface area contributed by atoms with Crippen molar-refractivity contribution in [3.05, 3.63) is 18.2 Å². The Hall–Kier alpha value is -0.960. The quantitative estimate of drug-likeness (QED) is 0.552. The van der Waals surface area contributed by atoms with E-state index in [1.807, 2.05) is 13.2 Å². The first-order valence-corrected chi connectivity index (χ1v) is 8.86. The summed E-state index contributed by atoms with van der Waals surface area (Å²) in [5.74, 6) is 0. The molecule has 0 saturated heterocycles. The summed E-state index contributed by atoms with van der Waals surface area (Å²) in [5, 5.41) is 12.4. The third-order valence-corrected chi connectivity index (χ3v) is 5.60. The first-order valence-electron chi connectivity index (χ1n) is 6.09. The van der Waals surface area contributed by atoms with Gasteiger partial charge in [-0.1, -0.05) is 0 Å². The summed E-state index contributed by atoms with van der Waals surface area (Å²) in [7, 11) is -2.25. The van der Waals surface area contributed by atoms with Crippen LogP contribution in [0, 0.1) is 0 Å². The van der Waals surface area contributed by atoms with Crippen LogP contribution in [0.5, 0.6) is 0 Å². The molecule has 2 unspecified atom stereocenters. The summed E-state index contributed by atoms with van der Waals surface area (Å²) >= 11 is 1.52. The number of benzene rings is 1. The fourth-order valence-electron chi connectivity index (χ4n) is 1.77. The highest BCUT2D eigenvalue weighted by Gasteiger charge is 2.21. The molecule has 0 saturated carbocycles. The van der Waals surface area contributed by atoms with Crippen LogP contribution in [0.2, 0.25) is 0 Å². The normalized spacial score (nSPS) is 14.8. The summed E-state index contributed by atoms with van der Waals surface area (Å²) in [5.41, 5.74) is 6.50. The van der Waals surface area contributed by atoms with Gasteiger partial charge in [-0.15, -0.1) is 0 Å². The lowest BCUT2D eigenvalue weighted by Crippen LogP contribution is -2.32. The highest BCUT2D eigenvalue weighted by Crippen LogP contribution is 2.26. The van der Waals surface area contributed by atoms with E-state index in [-0.39, 0.29) is 22.8 Å². The molecule has 5 N–H and O–H groups in total. The molecular formula is C12H21N3O3S2. The lowest BCUT2D eigenvalue weighted by Gasteiger charge is -2.24. The first kappa shape index (κ1) is 17.1. The lowest BCUT2D eigenvalue weighted by molar-refractivity contribution is 0.288. The number of nitrogens with two attached hydrogens (primary N) is 1. The van der Waals surface area contributed by atoms with Gasteiger partial charge < -0.3 is 16.2 Å². The topological polar surface area (TPSA) is 104 Å². The van der Waals surface area contributed by atoms with Crippen molar-refractivity contribution < 1.29 is 13.5 Å². The Labute approximate surface area is 124 Å². The van der Waals surface area contributed by atoms with Gasteiger partial charge in [0.1, 0.15) is 4.90 Å². The molecular weight excluding hydrogens is 298 g/mol. The van der Waals surface area contributed by atoms with E-state index in [0.717, 1.165) is 0 Å². The molecule has 20 heavy (non-hydrogen) atoms. The maximum absolute atomic E-state index is 12.0. The Kier molecular flexibility index (Phi) is 6.12. The van der Waals surface area contributed by atoms with Crippen molar-refractivity contribution >= 4 is 33.2 Å². The van der Waals surface area contributed by atoms with Crippen molar-refractivity contribution in [1.29, 1.82) is 0 Å². The maximum atomic E-state index is 12.0. The number of aliphatic hydroxyl groups excluding tert-OH is 1. The molecule has 0 bridgehead atoms. The zero-order valence-corrected chi connectivity index (χ0v) is 13.4. The van der Waals surface area contributed by atoms with Gasteiger partial charge in [0.15, 0.2) is 0 Å². The fraction of sp³-hybridized carbons (Fsp3) is 0.500. The summed E-state index contributed by atoms with van der Waals surface area (Å²) in [6.07, 6.45) is 1.90. The molecule has 6 nitrogen and oxygen atoms in total. The van der Waals surface area contributed by atoms with Gasteiger partial charge in [0.2, 0.25) is 10.0 Å². The second-order valence-corrected chi connectivity index (χ2v) is 7.28. The number of thioether (sulfide) groups is 1. The van der Waals surface area contributed by atoms with E-state index >= 15 is 0 Å². The van der Waals surface area contributed by atoms with Crippen molar-refractivity contribution in [2.45, 2.75) is 23.1 Å². The number of nitrogens with one attached hydrogen (secondary N) is 2.